The van der Waals surface area contributed by atoms with Crippen LogP contribution < -0.4 is 5.73 Å². The molecule has 1 aliphatic rings. The molecule has 1 amide bonds. The molecule has 1 aromatic rings. The van der Waals surface area contributed by atoms with Crippen molar-refractivity contribution in [3.8, 4) is 0 Å². The van der Waals surface area contributed by atoms with Gasteiger partial charge in [-0.25, -0.2) is 0 Å². The topological polar surface area (TPSA) is 46.3 Å². The zero-order chi connectivity index (χ0) is 13.9. The molecule has 0 saturated carbocycles. The lowest BCUT2D eigenvalue weighted by Gasteiger charge is -2.48. The Hall–Kier alpha value is -1.35. The van der Waals surface area contributed by atoms with E-state index in [2.05, 4.69) is 32.0 Å². The smallest absolute Gasteiger partial charge is 0.223 e. The van der Waals surface area contributed by atoms with Gasteiger partial charge in [0.25, 0.3) is 0 Å². The van der Waals surface area contributed by atoms with E-state index in [9.17, 15) is 4.79 Å². The van der Waals surface area contributed by atoms with E-state index in [0.29, 0.717) is 6.42 Å². The van der Waals surface area contributed by atoms with Gasteiger partial charge in [0.2, 0.25) is 5.91 Å². The van der Waals surface area contributed by atoms with Crippen LogP contribution in [0.4, 0.5) is 0 Å². The van der Waals surface area contributed by atoms with Gasteiger partial charge in [-0.05, 0) is 25.3 Å². The largest absolute Gasteiger partial charge is 0.339 e. The first kappa shape index (κ1) is 14.1. The van der Waals surface area contributed by atoms with Gasteiger partial charge >= 0.3 is 0 Å². The fourth-order valence-corrected chi connectivity index (χ4v) is 2.82. The predicted octanol–water partition coefficient (Wildman–Crippen LogP) is 2.27. The fourth-order valence-electron chi connectivity index (χ4n) is 2.82. The molecule has 1 fully saturated rings. The number of hydrogen-bond acceptors (Lipinski definition) is 2. The fraction of sp³-hybridized carbons (Fsp3) is 0.562. The molecule has 0 spiro atoms. The maximum absolute atomic E-state index is 12.0. The SMILES string of the molecule is CCCC1(N)CN(C(=O)CCc2cccc(C)c2)C1. The quantitative estimate of drug-likeness (QED) is 0.882. The Morgan fingerprint density at radius 2 is 2.16 bits per heavy atom. The second-order valence-corrected chi connectivity index (χ2v) is 5.85. The second kappa shape index (κ2) is 5.74. The Kier molecular flexibility index (Phi) is 4.25. The third-order valence-electron chi connectivity index (χ3n) is 3.82. The molecule has 0 aliphatic carbocycles. The van der Waals surface area contributed by atoms with E-state index in [-0.39, 0.29) is 11.4 Å². The molecule has 1 heterocycles. The number of likely N-dealkylation sites (tertiary alicyclic amines) is 1. The van der Waals surface area contributed by atoms with Gasteiger partial charge in [-0.1, -0.05) is 43.2 Å². The summed E-state index contributed by atoms with van der Waals surface area (Å²) in [5.41, 5.74) is 8.54. The number of nitrogens with zero attached hydrogens (tertiary/aromatic N) is 1. The van der Waals surface area contributed by atoms with Gasteiger partial charge in [-0.15, -0.1) is 0 Å². The number of carbonyl (C=O) groups is 1. The Morgan fingerprint density at radius 3 is 2.79 bits per heavy atom. The number of rotatable bonds is 5. The number of aryl methyl sites for hydroxylation is 2. The minimum absolute atomic E-state index is 0.117. The van der Waals surface area contributed by atoms with Crippen molar-refractivity contribution in [1.82, 2.24) is 4.90 Å². The highest BCUT2D eigenvalue weighted by Gasteiger charge is 2.40. The summed E-state index contributed by atoms with van der Waals surface area (Å²) in [6, 6.07) is 8.35. The van der Waals surface area contributed by atoms with E-state index < -0.39 is 0 Å². The maximum atomic E-state index is 12.0. The highest BCUT2D eigenvalue weighted by Crippen LogP contribution is 2.24. The third-order valence-corrected chi connectivity index (χ3v) is 3.82. The van der Waals surface area contributed by atoms with Crippen LogP contribution >= 0.6 is 0 Å². The third kappa shape index (κ3) is 3.57. The summed E-state index contributed by atoms with van der Waals surface area (Å²) in [7, 11) is 0. The molecule has 0 atom stereocenters. The van der Waals surface area contributed by atoms with Gasteiger partial charge in [-0.2, -0.15) is 0 Å². The molecule has 1 aromatic carbocycles. The molecule has 1 aliphatic heterocycles. The van der Waals surface area contributed by atoms with E-state index >= 15 is 0 Å². The molecule has 0 unspecified atom stereocenters. The average molecular weight is 260 g/mol. The van der Waals surface area contributed by atoms with Crippen LogP contribution in [0.3, 0.4) is 0 Å². The molecule has 3 nitrogen and oxygen atoms in total. The van der Waals surface area contributed by atoms with Crippen molar-refractivity contribution in [2.75, 3.05) is 13.1 Å². The van der Waals surface area contributed by atoms with Crippen molar-refractivity contribution in [1.29, 1.82) is 0 Å². The van der Waals surface area contributed by atoms with Gasteiger partial charge in [0, 0.05) is 19.5 Å². The van der Waals surface area contributed by atoms with Crippen LogP contribution in [0.2, 0.25) is 0 Å². The molecule has 104 valence electrons. The Balaban J connectivity index is 1.77. The highest BCUT2D eigenvalue weighted by atomic mass is 16.2. The lowest BCUT2D eigenvalue weighted by molar-refractivity contribution is -0.138. The molecule has 2 N–H and O–H groups in total. The van der Waals surface area contributed by atoms with Crippen molar-refractivity contribution in [3.63, 3.8) is 0 Å². The molecule has 0 bridgehead atoms. The van der Waals surface area contributed by atoms with E-state index in [0.717, 1.165) is 32.4 Å². The minimum Gasteiger partial charge on any atom is -0.339 e. The van der Waals surface area contributed by atoms with Crippen LogP contribution in [0.25, 0.3) is 0 Å². The molecular formula is C16H24N2O. The number of carbonyl (C=O) groups excluding carboxylic acids is 1. The molecule has 0 radical (unpaired) electrons. The predicted molar refractivity (Wildman–Crippen MR) is 77.9 cm³/mol. The summed E-state index contributed by atoms with van der Waals surface area (Å²) in [5, 5.41) is 0. The van der Waals surface area contributed by atoms with E-state index in [4.69, 9.17) is 5.73 Å². The summed E-state index contributed by atoms with van der Waals surface area (Å²) in [6.45, 7) is 5.67. The van der Waals surface area contributed by atoms with Gasteiger partial charge < -0.3 is 10.6 Å². The Morgan fingerprint density at radius 1 is 1.42 bits per heavy atom. The van der Waals surface area contributed by atoms with Gasteiger partial charge in [0.15, 0.2) is 0 Å². The first-order chi connectivity index (χ1) is 9.02. The summed E-state index contributed by atoms with van der Waals surface area (Å²) in [6.07, 6.45) is 3.50. The Bertz CT molecular complexity index is 450. The normalized spacial score (nSPS) is 17.1. The van der Waals surface area contributed by atoms with Crippen molar-refractivity contribution < 1.29 is 4.79 Å². The van der Waals surface area contributed by atoms with E-state index in [1.807, 2.05) is 11.0 Å². The van der Waals surface area contributed by atoms with Crippen LogP contribution in [0.1, 0.15) is 37.3 Å². The number of amides is 1. The summed E-state index contributed by atoms with van der Waals surface area (Å²) < 4.78 is 0. The summed E-state index contributed by atoms with van der Waals surface area (Å²) in [5.74, 6) is 0.235. The number of hydrogen-bond donors (Lipinski definition) is 1. The van der Waals surface area contributed by atoms with Gasteiger partial charge in [0.05, 0.1) is 5.54 Å². The molecule has 1 saturated heterocycles. The van der Waals surface area contributed by atoms with E-state index in [1.165, 1.54) is 11.1 Å². The monoisotopic (exact) mass is 260 g/mol. The van der Waals surface area contributed by atoms with Crippen molar-refractivity contribution in [3.05, 3.63) is 35.4 Å². The standard InChI is InChI=1S/C16H24N2O/c1-3-9-16(17)11-18(12-16)15(19)8-7-14-6-4-5-13(2)10-14/h4-6,10H,3,7-9,11-12,17H2,1-2H3. The summed E-state index contributed by atoms with van der Waals surface area (Å²) >= 11 is 0. The maximum Gasteiger partial charge on any atom is 0.223 e. The average Bonchev–Trinajstić information content (AvgIpc) is 2.33. The van der Waals surface area contributed by atoms with Crippen LogP contribution in [0.5, 0.6) is 0 Å². The first-order valence-electron chi connectivity index (χ1n) is 7.15. The number of nitrogens with two attached hydrogens (primary N) is 1. The second-order valence-electron chi connectivity index (χ2n) is 5.85. The molecule has 3 heteroatoms. The number of benzene rings is 1. The zero-order valence-electron chi connectivity index (χ0n) is 12.0. The van der Waals surface area contributed by atoms with Crippen LogP contribution in [-0.2, 0) is 11.2 Å². The first-order valence-corrected chi connectivity index (χ1v) is 7.15. The van der Waals surface area contributed by atoms with Crippen LogP contribution in [0.15, 0.2) is 24.3 Å². The van der Waals surface area contributed by atoms with Crippen LogP contribution in [-0.4, -0.2) is 29.4 Å². The van der Waals surface area contributed by atoms with Gasteiger partial charge in [-0.3, -0.25) is 4.79 Å². The Labute approximate surface area is 115 Å². The van der Waals surface area contributed by atoms with Crippen LogP contribution in [0, 0.1) is 6.92 Å². The molecule has 0 aromatic heterocycles. The molecule has 2 rings (SSSR count). The van der Waals surface area contributed by atoms with E-state index in [1.54, 1.807) is 0 Å². The summed E-state index contributed by atoms with van der Waals surface area (Å²) in [4.78, 5) is 13.9. The molecular weight excluding hydrogens is 236 g/mol. The van der Waals surface area contributed by atoms with Crippen molar-refractivity contribution >= 4 is 5.91 Å². The minimum atomic E-state index is -0.117. The molecule has 19 heavy (non-hydrogen) atoms. The van der Waals surface area contributed by atoms with Crippen molar-refractivity contribution in [2.45, 2.75) is 45.1 Å². The zero-order valence-corrected chi connectivity index (χ0v) is 12.0. The highest BCUT2D eigenvalue weighted by molar-refractivity contribution is 5.77. The lowest BCUT2D eigenvalue weighted by Crippen LogP contribution is -2.68. The lowest BCUT2D eigenvalue weighted by atomic mass is 9.86. The van der Waals surface area contributed by atoms with Crippen molar-refractivity contribution in [2.24, 2.45) is 5.73 Å². The van der Waals surface area contributed by atoms with Gasteiger partial charge in [0.1, 0.15) is 0 Å².